The van der Waals surface area contributed by atoms with Gasteiger partial charge in [-0.05, 0) is 18.6 Å². The molecule has 3 N–H and O–H groups in total. The summed E-state index contributed by atoms with van der Waals surface area (Å²) in [5, 5.41) is 3.07. The molecule has 104 valence electrons. The van der Waals surface area contributed by atoms with E-state index >= 15 is 0 Å². The summed E-state index contributed by atoms with van der Waals surface area (Å²) in [6, 6.07) is 3.15. The fourth-order valence-corrected chi connectivity index (χ4v) is 2.95. The first kappa shape index (κ1) is 13.8. The smallest absolute Gasteiger partial charge is 0.252 e. The first-order chi connectivity index (χ1) is 8.88. The Labute approximate surface area is 111 Å². The Hall–Kier alpha value is -1.67. The van der Waals surface area contributed by atoms with Gasteiger partial charge in [0.25, 0.3) is 5.91 Å². The normalized spacial score (nSPS) is 20.4. The van der Waals surface area contributed by atoms with Crippen LogP contribution in [0.15, 0.2) is 18.3 Å². The van der Waals surface area contributed by atoms with Crippen LogP contribution in [-0.4, -0.2) is 49.0 Å². The number of nitrogens with zero attached hydrogens (tertiary/aromatic N) is 2. The molecule has 1 aromatic heterocycles. The lowest BCUT2D eigenvalue weighted by molar-refractivity contribution is 0.100. The molecule has 1 amide bonds. The molecule has 0 aromatic carbocycles. The maximum absolute atomic E-state index is 11.4. The molecule has 1 aliphatic heterocycles. The van der Waals surface area contributed by atoms with Crippen LogP contribution in [0.25, 0.3) is 0 Å². The number of carbonyl (C=O) groups excluding carboxylic acids is 1. The van der Waals surface area contributed by atoms with Gasteiger partial charge in [0.2, 0.25) is 10.0 Å². The Balaban J connectivity index is 2.10. The minimum Gasteiger partial charge on any atom is -0.365 e. The SMILES string of the molecule is CS(=O)(=O)N1CCC(Nc2ncccc2C(N)=O)C1. The number of carbonyl (C=O) groups is 1. The quantitative estimate of drug-likeness (QED) is 0.784. The molecule has 7 nitrogen and oxygen atoms in total. The topological polar surface area (TPSA) is 105 Å². The van der Waals surface area contributed by atoms with Crippen LogP contribution < -0.4 is 11.1 Å². The predicted molar refractivity (Wildman–Crippen MR) is 71.2 cm³/mol. The Morgan fingerprint density at radius 1 is 1.58 bits per heavy atom. The van der Waals surface area contributed by atoms with Gasteiger partial charge in [-0.15, -0.1) is 0 Å². The second kappa shape index (κ2) is 5.14. The number of rotatable bonds is 4. The highest BCUT2D eigenvalue weighted by Gasteiger charge is 2.29. The van der Waals surface area contributed by atoms with Crippen molar-refractivity contribution < 1.29 is 13.2 Å². The van der Waals surface area contributed by atoms with Gasteiger partial charge in [-0.2, -0.15) is 0 Å². The lowest BCUT2D eigenvalue weighted by atomic mass is 10.2. The highest BCUT2D eigenvalue weighted by atomic mass is 32.2. The zero-order valence-electron chi connectivity index (χ0n) is 10.5. The molecule has 0 bridgehead atoms. The van der Waals surface area contributed by atoms with Gasteiger partial charge < -0.3 is 11.1 Å². The van der Waals surface area contributed by atoms with E-state index in [1.165, 1.54) is 10.6 Å². The third kappa shape index (κ3) is 3.21. The molecule has 1 aromatic rings. The largest absolute Gasteiger partial charge is 0.365 e. The van der Waals surface area contributed by atoms with Gasteiger partial charge in [-0.1, -0.05) is 0 Å². The van der Waals surface area contributed by atoms with Crippen LogP contribution in [0, 0.1) is 0 Å². The third-order valence-electron chi connectivity index (χ3n) is 3.03. The number of aromatic nitrogens is 1. The van der Waals surface area contributed by atoms with Gasteiger partial charge >= 0.3 is 0 Å². The molecule has 0 aliphatic carbocycles. The van der Waals surface area contributed by atoms with E-state index in [-0.39, 0.29) is 6.04 Å². The second-order valence-corrected chi connectivity index (χ2v) is 6.50. The van der Waals surface area contributed by atoms with Crippen LogP contribution in [0.5, 0.6) is 0 Å². The van der Waals surface area contributed by atoms with Crippen molar-refractivity contribution in [2.24, 2.45) is 5.73 Å². The molecular formula is C11H16N4O3S. The number of nitrogens with two attached hydrogens (primary N) is 1. The highest BCUT2D eigenvalue weighted by molar-refractivity contribution is 7.88. The summed E-state index contributed by atoms with van der Waals surface area (Å²) in [4.78, 5) is 15.3. The van der Waals surface area contributed by atoms with Crippen molar-refractivity contribution in [3.63, 3.8) is 0 Å². The molecule has 2 heterocycles. The molecule has 0 saturated carbocycles. The molecule has 0 spiro atoms. The number of primary amides is 1. The molecule has 1 unspecified atom stereocenters. The molecule has 2 rings (SSSR count). The van der Waals surface area contributed by atoms with Crippen LogP contribution in [0.3, 0.4) is 0 Å². The summed E-state index contributed by atoms with van der Waals surface area (Å²) in [6.07, 6.45) is 3.41. The number of anilines is 1. The van der Waals surface area contributed by atoms with Crippen molar-refractivity contribution in [2.75, 3.05) is 24.7 Å². The molecular weight excluding hydrogens is 268 g/mol. The Morgan fingerprint density at radius 3 is 2.89 bits per heavy atom. The first-order valence-corrected chi connectivity index (χ1v) is 7.69. The minimum absolute atomic E-state index is 0.0669. The third-order valence-corrected chi connectivity index (χ3v) is 4.30. The van der Waals surface area contributed by atoms with Crippen LogP contribution in [0.1, 0.15) is 16.8 Å². The monoisotopic (exact) mass is 284 g/mol. The molecule has 1 atom stereocenters. The van der Waals surface area contributed by atoms with E-state index in [0.29, 0.717) is 30.9 Å². The lowest BCUT2D eigenvalue weighted by Crippen LogP contribution is -2.31. The van der Waals surface area contributed by atoms with Crippen LogP contribution in [0.2, 0.25) is 0 Å². The lowest BCUT2D eigenvalue weighted by Gasteiger charge is -2.16. The maximum Gasteiger partial charge on any atom is 0.252 e. The minimum atomic E-state index is -3.17. The van der Waals surface area contributed by atoms with E-state index in [0.717, 1.165) is 0 Å². The molecule has 1 fully saturated rings. The van der Waals surface area contributed by atoms with Crippen molar-refractivity contribution >= 4 is 21.7 Å². The van der Waals surface area contributed by atoms with Gasteiger partial charge in [0.05, 0.1) is 11.8 Å². The van der Waals surface area contributed by atoms with Gasteiger partial charge in [0.1, 0.15) is 5.82 Å². The van der Waals surface area contributed by atoms with E-state index in [4.69, 9.17) is 5.73 Å². The Kier molecular flexibility index (Phi) is 3.72. The summed E-state index contributed by atoms with van der Waals surface area (Å²) in [5.74, 6) is -0.163. The number of pyridine rings is 1. The maximum atomic E-state index is 11.4. The van der Waals surface area contributed by atoms with Crippen molar-refractivity contribution in [3.05, 3.63) is 23.9 Å². The standard InChI is InChI=1S/C11H16N4O3S/c1-19(17,18)15-6-4-8(7-15)14-11-9(10(12)16)3-2-5-13-11/h2-3,5,8H,4,6-7H2,1H3,(H2,12,16)(H,13,14). The summed E-state index contributed by atoms with van der Waals surface area (Å²) in [6.45, 7) is 0.836. The second-order valence-electron chi connectivity index (χ2n) is 4.51. The van der Waals surface area contributed by atoms with Crippen LogP contribution in [-0.2, 0) is 10.0 Å². The summed E-state index contributed by atoms with van der Waals surface area (Å²) < 4.78 is 24.2. The summed E-state index contributed by atoms with van der Waals surface area (Å²) in [7, 11) is -3.17. The fourth-order valence-electron chi connectivity index (χ4n) is 2.06. The number of hydrogen-bond donors (Lipinski definition) is 2. The van der Waals surface area contributed by atoms with Crippen molar-refractivity contribution in [2.45, 2.75) is 12.5 Å². The molecule has 8 heteroatoms. The van der Waals surface area contributed by atoms with Crippen molar-refractivity contribution in [1.82, 2.24) is 9.29 Å². The van der Waals surface area contributed by atoms with Crippen LogP contribution >= 0.6 is 0 Å². The average molecular weight is 284 g/mol. The molecule has 0 radical (unpaired) electrons. The zero-order valence-corrected chi connectivity index (χ0v) is 11.4. The average Bonchev–Trinajstić information content (AvgIpc) is 2.77. The van der Waals surface area contributed by atoms with E-state index in [1.54, 1.807) is 18.3 Å². The van der Waals surface area contributed by atoms with E-state index in [2.05, 4.69) is 10.3 Å². The van der Waals surface area contributed by atoms with E-state index in [9.17, 15) is 13.2 Å². The van der Waals surface area contributed by atoms with E-state index in [1.807, 2.05) is 0 Å². The first-order valence-electron chi connectivity index (χ1n) is 5.84. The highest BCUT2D eigenvalue weighted by Crippen LogP contribution is 2.18. The number of sulfonamides is 1. The van der Waals surface area contributed by atoms with Gasteiger partial charge in [-0.3, -0.25) is 4.79 Å². The Morgan fingerprint density at radius 2 is 2.32 bits per heavy atom. The fraction of sp³-hybridized carbons (Fsp3) is 0.455. The van der Waals surface area contributed by atoms with Crippen molar-refractivity contribution in [3.8, 4) is 0 Å². The number of hydrogen-bond acceptors (Lipinski definition) is 5. The molecule has 19 heavy (non-hydrogen) atoms. The summed E-state index contributed by atoms with van der Waals surface area (Å²) in [5.41, 5.74) is 5.57. The van der Waals surface area contributed by atoms with Gasteiger partial charge in [0.15, 0.2) is 0 Å². The van der Waals surface area contributed by atoms with E-state index < -0.39 is 15.9 Å². The number of amides is 1. The van der Waals surface area contributed by atoms with Crippen molar-refractivity contribution in [1.29, 1.82) is 0 Å². The van der Waals surface area contributed by atoms with Gasteiger partial charge in [-0.25, -0.2) is 17.7 Å². The zero-order chi connectivity index (χ0) is 14.0. The number of nitrogens with one attached hydrogen (secondary N) is 1. The Bertz CT molecular complexity index is 587. The molecule has 1 aliphatic rings. The predicted octanol–water partition coefficient (Wildman–Crippen LogP) is -0.374. The molecule has 1 saturated heterocycles. The van der Waals surface area contributed by atoms with Gasteiger partial charge in [0, 0.05) is 25.3 Å². The summed E-state index contributed by atoms with van der Waals surface area (Å²) >= 11 is 0. The van der Waals surface area contributed by atoms with Crippen LogP contribution in [0.4, 0.5) is 5.82 Å².